The number of aliphatic carboxylic acids is 1. The van der Waals surface area contributed by atoms with Gasteiger partial charge in [0.1, 0.15) is 6.54 Å². The van der Waals surface area contributed by atoms with Crippen LogP contribution in [-0.4, -0.2) is 42.6 Å². The largest absolute Gasteiger partial charge is 0.480 e. The maximum atomic E-state index is 11.2. The van der Waals surface area contributed by atoms with Crippen molar-refractivity contribution in [2.45, 2.75) is 19.3 Å². The molecule has 1 saturated carbocycles. The average Bonchev–Trinajstić information content (AvgIpc) is 2.21. The van der Waals surface area contributed by atoms with Crippen molar-refractivity contribution < 1.29 is 19.5 Å². The van der Waals surface area contributed by atoms with E-state index < -0.39 is 24.5 Å². The molecule has 7 nitrogen and oxygen atoms in total. The average molecular weight is 243 g/mol. The van der Waals surface area contributed by atoms with Crippen LogP contribution in [0.5, 0.6) is 0 Å². The first kappa shape index (κ1) is 13.3. The molecule has 96 valence electrons. The van der Waals surface area contributed by atoms with Crippen LogP contribution in [0.15, 0.2) is 0 Å². The van der Waals surface area contributed by atoms with Gasteiger partial charge in [-0.25, -0.2) is 4.79 Å². The third-order valence-corrected chi connectivity index (χ3v) is 2.62. The van der Waals surface area contributed by atoms with Gasteiger partial charge in [0.15, 0.2) is 0 Å². The second kappa shape index (κ2) is 6.72. The Balaban J connectivity index is 2.01. The van der Waals surface area contributed by atoms with E-state index in [1.807, 2.05) is 0 Å². The Morgan fingerprint density at radius 1 is 1.06 bits per heavy atom. The number of carboxylic acids is 1. The van der Waals surface area contributed by atoms with Crippen LogP contribution in [0.3, 0.4) is 0 Å². The van der Waals surface area contributed by atoms with E-state index in [2.05, 4.69) is 16.0 Å². The summed E-state index contributed by atoms with van der Waals surface area (Å²) in [7, 11) is 0. The van der Waals surface area contributed by atoms with Gasteiger partial charge < -0.3 is 21.1 Å². The Hall–Kier alpha value is -1.79. The maximum Gasteiger partial charge on any atom is 0.322 e. The van der Waals surface area contributed by atoms with Crippen molar-refractivity contribution in [1.29, 1.82) is 0 Å². The zero-order valence-corrected chi connectivity index (χ0v) is 9.49. The van der Waals surface area contributed by atoms with Crippen LogP contribution in [0.2, 0.25) is 0 Å². The van der Waals surface area contributed by atoms with Gasteiger partial charge in [0.2, 0.25) is 5.91 Å². The van der Waals surface area contributed by atoms with Crippen LogP contribution >= 0.6 is 0 Å². The first-order chi connectivity index (χ1) is 8.08. The van der Waals surface area contributed by atoms with Crippen molar-refractivity contribution >= 4 is 17.9 Å². The van der Waals surface area contributed by atoms with Crippen LogP contribution in [0.4, 0.5) is 4.79 Å². The Kier molecular flexibility index (Phi) is 5.25. The van der Waals surface area contributed by atoms with Crippen molar-refractivity contribution in [3.8, 4) is 0 Å². The predicted octanol–water partition coefficient (Wildman–Crippen LogP) is -0.714. The molecule has 1 rings (SSSR count). The molecular weight excluding hydrogens is 226 g/mol. The normalized spacial score (nSPS) is 14.6. The summed E-state index contributed by atoms with van der Waals surface area (Å²) >= 11 is 0. The van der Waals surface area contributed by atoms with Gasteiger partial charge in [-0.05, 0) is 18.8 Å². The van der Waals surface area contributed by atoms with E-state index in [1.165, 1.54) is 6.42 Å². The monoisotopic (exact) mass is 243 g/mol. The van der Waals surface area contributed by atoms with E-state index in [9.17, 15) is 14.4 Å². The second-order valence-corrected chi connectivity index (χ2v) is 4.03. The van der Waals surface area contributed by atoms with E-state index in [0.717, 1.165) is 12.8 Å². The van der Waals surface area contributed by atoms with Gasteiger partial charge in [-0.1, -0.05) is 6.42 Å². The number of nitrogens with one attached hydrogen (secondary N) is 3. The molecule has 0 bridgehead atoms. The zero-order chi connectivity index (χ0) is 12.7. The number of rotatable bonds is 6. The van der Waals surface area contributed by atoms with Crippen LogP contribution in [0.25, 0.3) is 0 Å². The quantitative estimate of drug-likeness (QED) is 0.494. The molecule has 0 aromatic heterocycles. The van der Waals surface area contributed by atoms with Crippen LogP contribution < -0.4 is 16.0 Å². The van der Waals surface area contributed by atoms with Crippen molar-refractivity contribution in [2.75, 3.05) is 19.6 Å². The number of urea groups is 1. The molecule has 0 spiro atoms. The summed E-state index contributed by atoms with van der Waals surface area (Å²) in [5, 5.41) is 15.5. The Labute approximate surface area is 98.9 Å². The Morgan fingerprint density at radius 2 is 1.76 bits per heavy atom. The summed E-state index contributed by atoms with van der Waals surface area (Å²) in [4.78, 5) is 32.4. The lowest BCUT2D eigenvalue weighted by atomic mass is 9.85. The molecule has 0 aliphatic heterocycles. The first-order valence-corrected chi connectivity index (χ1v) is 5.58. The topological polar surface area (TPSA) is 108 Å². The maximum absolute atomic E-state index is 11.2. The summed E-state index contributed by atoms with van der Waals surface area (Å²) in [6.45, 7) is -0.0312. The SMILES string of the molecule is O=C(O)CNC(=O)CNC(=O)NCC1CCC1. The molecule has 1 aliphatic rings. The van der Waals surface area contributed by atoms with Gasteiger partial charge in [-0.3, -0.25) is 9.59 Å². The highest BCUT2D eigenvalue weighted by atomic mass is 16.4. The third kappa shape index (κ3) is 5.74. The minimum atomic E-state index is -1.12. The minimum absolute atomic E-state index is 0.218. The van der Waals surface area contributed by atoms with E-state index in [4.69, 9.17) is 5.11 Å². The molecule has 0 aromatic rings. The van der Waals surface area contributed by atoms with Crippen molar-refractivity contribution in [3.63, 3.8) is 0 Å². The zero-order valence-electron chi connectivity index (χ0n) is 9.49. The molecule has 0 unspecified atom stereocenters. The fourth-order valence-corrected chi connectivity index (χ4v) is 1.39. The summed E-state index contributed by atoms with van der Waals surface area (Å²) in [6.07, 6.45) is 3.49. The molecule has 1 fully saturated rings. The molecule has 0 atom stereocenters. The predicted molar refractivity (Wildman–Crippen MR) is 59.4 cm³/mol. The highest BCUT2D eigenvalue weighted by Gasteiger charge is 2.17. The summed E-state index contributed by atoms with van der Waals surface area (Å²) < 4.78 is 0. The summed E-state index contributed by atoms with van der Waals surface area (Å²) in [6, 6.07) is -0.401. The highest BCUT2D eigenvalue weighted by Crippen LogP contribution is 2.24. The molecule has 17 heavy (non-hydrogen) atoms. The summed E-state index contributed by atoms with van der Waals surface area (Å²) in [5.74, 6) is -1.08. The molecule has 7 heteroatoms. The number of carbonyl (C=O) groups is 3. The molecule has 0 radical (unpaired) electrons. The molecule has 3 amide bonds. The van der Waals surface area contributed by atoms with E-state index >= 15 is 0 Å². The Bertz CT molecular complexity index is 302. The van der Waals surface area contributed by atoms with Gasteiger partial charge >= 0.3 is 12.0 Å². The van der Waals surface area contributed by atoms with Gasteiger partial charge in [0.05, 0.1) is 6.54 Å². The van der Waals surface area contributed by atoms with Crippen molar-refractivity contribution in [2.24, 2.45) is 5.92 Å². The number of carbonyl (C=O) groups excluding carboxylic acids is 2. The molecule has 1 aliphatic carbocycles. The molecule has 4 N–H and O–H groups in total. The summed E-state index contributed by atoms with van der Waals surface area (Å²) in [5.41, 5.74) is 0. The molecule has 0 heterocycles. The molecule has 0 saturated heterocycles. The lowest BCUT2D eigenvalue weighted by Crippen LogP contribution is -2.44. The number of hydrogen-bond donors (Lipinski definition) is 4. The fourth-order valence-electron chi connectivity index (χ4n) is 1.39. The molecular formula is C10H17N3O4. The van der Waals surface area contributed by atoms with Crippen molar-refractivity contribution in [1.82, 2.24) is 16.0 Å². The van der Waals surface area contributed by atoms with E-state index in [-0.39, 0.29) is 6.54 Å². The van der Waals surface area contributed by atoms with E-state index in [0.29, 0.717) is 12.5 Å². The van der Waals surface area contributed by atoms with Crippen LogP contribution in [-0.2, 0) is 9.59 Å². The van der Waals surface area contributed by atoms with Gasteiger partial charge in [-0.2, -0.15) is 0 Å². The fraction of sp³-hybridized carbons (Fsp3) is 0.700. The number of amides is 3. The molecule has 0 aromatic carbocycles. The third-order valence-electron chi connectivity index (χ3n) is 2.62. The Morgan fingerprint density at radius 3 is 2.29 bits per heavy atom. The van der Waals surface area contributed by atoms with Gasteiger partial charge in [0.25, 0.3) is 0 Å². The second-order valence-electron chi connectivity index (χ2n) is 4.03. The smallest absolute Gasteiger partial charge is 0.322 e. The van der Waals surface area contributed by atoms with Gasteiger partial charge in [0, 0.05) is 6.54 Å². The lowest BCUT2D eigenvalue weighted by Gasteiger charge is -2.25. The van der Waals surface area contributed by atoms with Gasteiger partial charge in [-0.15, -0.1) is 0 Å². The number of carboxylic acid groups (broad SMARTS) is 1. The minimum Gasteiger partial charge on any atom is -0.480 e. The van der Waals surface area contributed by atoms with Crippen LogP contribution in [0, 0.1) is 5.92 Å². The first-order valence-electron chi connectivity index (χ1n) is 5.58. The highest BCUT2D eigenvalue weighted by molar-refractivity contribution is 5.86. The number of hydrogen-bond acceptors (Lipinski definition) is 3. The van der Waals surface area contributed by atoms with Crippen molar-refractivity contribution in [3.05, 3.63) is 0 Å². The van der Waals surface area contributed by atoms with Crippen LogP contribution in [0.1, 0.15) is 19.3 Å². The van der Waals surface area contributed by atoms with E-state index in [1.54, 1.807) is 0 Å². The standard InChI is InChI=1S/C10H17N3O4/c14-8(11-6-9(15)16)5-13-10(17)12-4-7-2-1-3-7/h7H,1-6H2,(H,11,14)(H,15,16)(H2,12,13,17). The lowest BCUT2D eigenvalue weighted by molar-refractivity contribution is -0.137.